The third-order valence-electron chi connectivity index (χ3n) is 5.45. The number of carbonyl (C=O) groups excluding carboxylic acids is 4. The van der Waals surface area contributed by atoms with Crippen molar-refractivity contribution < 1.29 is 29.1 Å². The molecular weight excluding hydrogens is 472 g/mol. The van der Waals surface area contributed by atoms with E-state index in [4.69, 9.17) is 22.9 Å². The minimum atomic E-state index is -1.46. The number of carboxylic acids is 1. The highest BCUT2D eigenvalue weighted by Gasteiger charge is 2.33. The number of nitrogens with zero attached hydrogens (tertiary/aromatic N) is 1. The highest BCUT2D eigenvalue weighted by molar-refractivity contribution is 5.96. The molecule has 0 aliphatic rings. The van der Waals surface area contributed by atoms with Gasteiger partial charge in [-0.25, -0.2) is 4.79 Å². The topological polar surface area (TPSA) is 258 Å². The van der Waals surface area contributed by atoms with Crippen molar-refractivity contribution >= 4 is 35.6 Å². The Morgan fingerprint density at radius 2 is 1.47 bits per heavy atom. The molecule has 5 atom stereocenters. The number of amides is 4. The Balaban J connectivity index is 5.53. The summed E-state index contributed by atoms with van der Waals surface area (Å²) >= 11 is 0. The van der Waals surface area contributed by atoms with Gasteiger partial charge >= 0.3 is 5.97 Å². The van der Waals surface area contributed by atoms with Crippen LogP contribution in [0.5, 0.6) is 0 Å². The van der Waals surface area contributed by atoms with Crippen LogP contribution in [-0.4, -0.2) is 71.4 Å². The first kappa shape index (κ1) is 32.6. The van der Waals surface area contributed by atoms with Crippen molar-refractivity contribution in [3.63, 3.8) is 0 Å². The van der Waals surface area contributed by atoms with E-state index in [0.29, 0.717) is 12.8 Å². The predicted octanol–water partition coefficient (Wildman–Crippen LogP) is -2.13. The van der Waals surface area contributed by atoms with Crippen LogP contribution in [0.1, 0.15) is 59.8 Å². The van der Waals surface area contributed by atoms with Crippen LogP contribution in [0.15, 0.2) is 4.99 Å². The molecule has 0 saturated carbocycles. The average Bonchev–Trinajstić information content (AvgIpc) is 2.76. The monoisotopic (exact) mass is 514 g/mol. The molecule has 0 rings (SSSR count). The number of primary amides is 1. The van der Waals surface area contributed by atoms with E-state index in [1.54, 1.807) is 6.92 Å². The van der Waals surface area contributed by atoms with Crippen LogP contribution in [0.4, 0.5) is 0 Å². The minimum absolute atomic E-state index is 0.00557. The highest BCUT2D eigenvalue weighted by Crippen LogP contribution is 2.11. The van der Waals surface area contributed by atoms with Crippen LogP contribution in [-0.2, 0) is 24.0 Å². The van der Waals surface area contributed by atoms with Crippen molar-refractivity contribution in [2.45, 2.75) is 84.0 Å². The van der Waals surface area contributed by atoms with Crippen molar-refractivity contribution in [3.05, 3.63) is 0 Å². The molecule has 0 aliphatic carbocycles. The molecule has 0 saturated heterocycles. The summed E-state index contributed by atoms with van der Waals surface area (Å²) in [6.07, 6.45) is 0.593. The molecule has 0 spiro atoms. The second-order valence-corrected chi connectivity index (χ2v) is 9.19. The van der Waals surface area contributed by atoms with Crippen molar-refractivity contribution in [2.75, 3.05) is 6.54 Å². The van der Waals surface area contributed by atoms with Gasteiger partial charge in [-0.15, -0.1) is 0 Å². The summed E-state index contributed by atoms with van der Waals surface area (Å²) < 4.78 is 0. The summed E-state index contributed by atoms with van der Waals surface area (Å²) in [6.45, 7) is 7.52. The molecule has 0 aromatic carbocycles. The van der Waals surface area contributed by atoms with Crippen LogP contribution in [0.2, 0.25) is 0 Å². The van der Waals surface area contributed by atoms with Gasteiger partial charge in [-0.3, -0.25) is 24.2 Å². The number of nitrogens with one attached hydrogen (secondary N) is 3. The van der Waals surface area contributed by atoms with E-state index in [-0.39, 0.29) is 37.2 Å². The minimum Gasteiger partial charge on any atom is -0.480 e. The predicted molar refractivity (Wildman–Crippen MR) is 134 cm³/mol. The van der Waals surface area contributed by atoms with Crippen LogP contribution in [0.3, 0.4) is 0 Å². The molecule has 206 valence electrons. The van der Waals surface area contributed by atoms with Crippen LogP contribution in [0.25, 0.3) is 0 Å². The molecule has 12 N–H and O–H groups in total. The van der Waals surface area contributed by atoms with Crippen LogP contribution >= 0.6 is 0 Å². The maximum absolute atomic E-state index is 13.1. The van der Waals surface area contributed by atoms with E-state index in [0.717, 1.165) is 0 Å². The number of carboxylic acid groups (broad SMARTS) is 1. The SMILES string of the molecule is CCC(C)C(NC(=O)C(N)CC(C)C)C(=O)NC(CC(N)=O)C(=O)NC(CCCN=C(N)N)C(=O)O. The van der Waals surface area contributed by atoms with Gasteiger partial charge in [0.05, 0.1) is 12.5 Å². The number of hydrogen-bond acceptors (Lipinski definition) is 7. The third kappa shape index (κ3) is 12.9. The lowest BCUT2D eigenvalue weighted by Crippen LogP contribution is -2.59. The second-order valence-electron chi connectivity index (χ2n) is 9.19. The van der Waals surface area contributed by atoms with Gasteiger partial charge in [0.25, 0.3) is 0 Å². The summed E-state index contributed by atoms with van der Waals surface area (Å²) in [4.78, 5) is 65.3. The fourth-order valence-corrected chi connectivity index (χ4v) is 3.28. The summed E-state index contributed by atoms with van der Waals surface area (Å²) in [6, 6.07) is -4.65. The van der Waals surface area contributed by atoms with E-state index in [1.807, 2.05) is 20.8 Å². The third-order valence-corrected chi connectivity index (χ3v) is 5.45. The Bertz CT molecular complexity index is 799. The lowest BCUT2D eigenvalue weighted by atomic mass is 9.96. The maximum Gasteiger partial charge on any atom is 0.326 e. The summed E-state index contributed by atoms with van der Waals surface area (Å²) in [7, 11) is 0. The zero-order valence-corrected chi connectivity index (χ0v) is 21.5. The zero-order valence-electron chi connectivity index (χ0n) is 21.5. The molecule has 0 radical (unpaired) electrons. The Morgan fingerprint density at radius 1 is 0.889 bits per heavy atom. The van der Waals surface area contributed by atoms with Gasteiger partial charge in [-0.2, -0.15) is 0 Å². The van der Waals surface area contributed by atoms with E-state index in [2.05, 4.69) is 20.9 Å². The van der Waals surface area contributed by atoms with Gasteiger partial charge in [0.1, 0.15) is 18.1 Å². The van der Waals surface area contributed by atoms with E-state index >= 15 is 0 Å². The van der Waals surface area contributed by atoms with Crippen molar-refractivity contribution in [1.82, 2.24) is 16.0 Å². The van der Waals surface area contributed by atoms with E-state index in [9.17, 15) is 29.1 Å². The molecule has 0 bridgehead atoms. The first-order chi connectivity index (χ1) is 16.7. The first-order valence-electron chi connectivity index (χ1n) is 11.9. The van der Waals surface area contributed by atoms with Gasteiger partial charge in [-0.1, -0.05) is 34.1 Å². The number of aliphatic carboxylic acids is 1. The van der Waals surface area contributed by atoms with Crippen molar-refractivity contribution in [2.24, 2.45) is 39.8 Å². The first-order valence-corrected chi connectivity index (χ1v) is 11.9. The Kier molecular flexibility index (Phi) is 14.7. The van der Waals surface area contributed by atoms with E-state index < -0.39 is 60.2 Å². The molecule has 5 unspecified atom stereocenters. The molecular formula is C22H42N8O6. The quantitative estimate of drug-likeness (QED) is 0.0598. The van der Waals surface area contributed by atoms with Gasteiger partial charge in [0.15, 0.2) is 5.96 Å². The molecule has 4 amide bonds. The molecule has 0 aromatic rings. The lowest BCUT2D eigenvalue weighted by molar-refractivity contribution is -0.142. The zero-order chi connectivity index (χ0) is 28.0. The molecule has 0 aliphatic heterocycles. The smallest absolute Gasteiger partial charge is 0.326 e. The van der Waals surface area contributed by atoms with Gasteiger partial charge in [0.2, 0.25) is 23.6 Å². The number of carbonyl (C=O) groups is 5. The highest BCUT2D eigenvalue weighted by atomic mass is 16.4. The summed E-state index contributed by atoms with van der Waals surface area (Å²) in [5.41, 5.74) is 21.6. The molecule has 0 heterocycles. The van der Waals surface area contributed by atoms with Crippen molar-refractivity contribution in [3.8, 4) is 0 Å². The molecule has 14 nitrogen and oxygen atoms in total. The molecule has 0 fully saturated rings. The number of aliphatic imine (C=N–C) groups is 1. The fourth-order valence-electron chi connectivity index (χ4n) is 3.28. The largest absolute Gasteiger partial charge is 0.480 e. The fraction of sp³-hybridized carbons (Fsp3) is 0.727. The van der Waals surface area contributed by atoms with Crippen molar-refractivity contribution in [1.29, 1.82) is 0 Å². The standard InChI is InChI=1S/C22H42N8O6/c1-5-12(4)17(30-18(32)13(23)9-11(2)3)20(34)29-15(10-16(24)31)19(33)28-14(21(35)36)7-6-8-27-22(25)26/h11-15,17H,5-10,23H2,1-4H3,(H2,24,31)(H,28,33)(H,29,34)(H,30,32)(H,35,36)(H4,25,26,27). The second kappa shape index (κ2) is 16.3. The number of guanidine groups is 1. The normalized spacial score (nSPS) is 15.1. The van der Waals surface area contributed by atoms with Gasteiger partial charge < -0.3 is 44.0 Å². The molecule has 0 aromatic heterocycles. The Labute approximate surface area is 211 Å². The van der Waals surface area contributed by atoms with E-state index in [1.165, 1.54) is 0 Å². The average molecular weight is 515 g/mol. The van der Waals surface area contributed by atoms with Gasteiger partial charge in [0, 0.05) is 6.54 Å². The van der Waals surface area contributed by atoms with Gasteiger partial charge in [-0.05, 0) is 31.1 Å². The Morgan fingerprint density at radius 3 is 1.94 bits per heavy atom. The number of rotatable bonds is 17. The summed E-state index contributed by atoms with van der Waals surface area (Å²) in [5, 5.41) is 16.8. The van der Waals surface area contributed by atoms with Crippen LogP contribution in [0, 0.1) is 11.8 Å². The number of hydrogen-bond donors (Lipinski definition) is 8. The van der Waals surface area contributed by atoms with Crippen LogP contribution < -0.4 is 38.9 Å². The maximum atomic E-state index is 13.1. The molecule has 36 heavy (non-hydrogen) atoms. The Hall–Kier alpha value is -3.42. The molecule has 14 heteroatoms. The summed E-state index contributed by atoms with van der Waals surface area (Å²) in [5.74, 6) is -4.70. The number of nitrogens with two attached hydrogens (primary N) is 4. The lowest BCUT2D eigenvalue weighted by Gasteiger charge is -2.28.